The van der Waals surface area contributed by atoms with Crippen molar-refractivity contribution in [3.05, 3.63) is 47.5 Å². The van der Waals surface area contributed by atoms with Gasteiger partial charge in [-0.05, 0) is 24.3 Å². The maximum absolute atomic E-state index is 13.5. The minimum Gasteiger partial charge on any atom is -0.484 e. The number of aromatic nitrogens is 2. The lowest BCUT2D eigenvalue weighted by molar-refractivity contribution is 0.123. The molecular formula is C22H21ClFN3O4. The van der Waals surface area contributed by atoms with Gasteiger partial charge < -0.3 is 24.3 Å². The molecule has 5 rings (SSSR count). The molecule has 2 saturated heterocycles. The second-order valence-electron chi connectivity index (χ2n) is 7.50. The van der Waals surface area contributed by atoms with Gasteiger partial charge in [-0.25, -0.2) is 14.4 Å². The van der Waals surface area contributed by atoms with Gasteiger partial charge in [0, 0.05) is 30.0 Å². The van der Waals surface area contributed by atoms with E-state index in [1.807, 2.05) is 12.1 Å². The van der Waals surface area contributed by atoms with Crippen LogP contribution in [0.2, 0.25) is 5.02 Å². The average molecular weight is 446 g/mol. The van der Waals surface area contributed by atoms with E-state index in [2.05, 4.69) is 15.3 Å². The van der Waals surface area contributed by atoms with Gasteiger partial charge in [-0.3, -0.25) is 0 Å². The Kier molecular flexibility index (Phi) is 5.76. The predicted octanol–water partition coefficient (Wildman–Crippen LogP) is 4.50. The van der Waals surface area contributed by atoms with Gasteiger partial charge in [0.15, 0.2) is 11.5 Å². The highest BCUT2D eigenvalue weighted by Crippen LogP contribution is 2.37. The molecule has 0 saturated carbocycles. The monoisotopic (exact) mass is 445 g/mol. The fourth-order valence-electron chi connectivity index (χ4n) is 3.63. The minimum atomic E-state index is -0.480. The second-order valence-corrected chi connectivity index (χ2v) is 7.91. The molecule has 2 atom stereocenters. The standard InChI is InChI=1S/C22H21ClFN3O4/c23-17-7-13(1-2-18(17)24)27-22-16-8-20(30-14-3-5-28-10-14)21(9-19(16)25-12-26-22)31-15-4-6-29-11-15/h1-2,7-9,12,14-15H,3-6,10-11H2,(H,25,26,27)/t14-,15-/m0/s1. The van der Waals surface area contributed by atoms with Crippen LogP contribution in [0.1, 0.15) is 12.8 Å². The highest BCUT2D eigenvalue weighted by molar-refractivity contribution is 6.31. The zero-order chi connectivity index (χ0) is 21.2. The van der Waals surface area contributed by atoms with Crippen LogP contribution in [0.4, 0.5) is 15.9 Å². The first-order valence-electron chi connectivity index (χ1n) is 10.2. The van der Waals surface area contributed by atoms with Crippen LogP contribution in [0.25, 0.3) is 10.9 Å². The molecule has 0 unspecified atom stereocenters. The Morgan fingerprint density at radius 1 is 0.968 bits per heavy atom. The number of nitrogens with zero attached hydrogens (tertiary/aromatic N) is 2. The number of ether oxygens (including phenoxy) is 4. The van der Waals surface area contributed by atoms with Crippen LogP contribution in [0, 0.1) is 5.82 Å². The summed E-state index contributed by atoms with van der Waals surface area (Å²) < 4.78 is 36.8. The lowest BCUT2D eigenvalue weighted by Gasteiger charge is -2.20. The lowest BCUT2D eigenvalue weighted by Crippen LogP contribution is -2.19. The Morgan fingerprint density at radius 2 is 1.68 bits per heavy atom. The maximum atomic E-state index is 13.5. The van der Waals surface area contributed by atoms with E-state index < -0.39 is 5.82 Å². The molecule has 1 N–H and O–H groups in total. The Labute approximate surface area is 183 Å². The van der Waals surface area contributed by atoms with E-state index in [0.717, 1.165) is 18.2 Å². The molecule has 7 nitrogen and oxygen atoms in total. The van der Waals surface area contributed by atoms with Crippen LogP contribution in [0.3, 0.4) is 0 Å². The summed E-state index contributed by atoms with van der Waals surface area (Å²) in [5, 5.41) is 3.96. The smallest absolute Gasteiger partial charge is 0.163 e. The summed E-state index contributed by atoms with van der Waals surface area (Å²) in [5.41, 5.74) is 1.30. The van der Waals surface area contributed by atoms with E-state index in [9.17, 15) is 4.39 Å². The van der Waals surface area contributed by atoms with E-state index in [1.165, 1.54) is 18.5 Å². The quantitative estimate of drug-likeness (QED) is 0.598. The maximum Gasteiger partial charge on any atom is 0.163 e. The van der Waals surface area contributed by atoms with Crippen LogP contribution < -0.4 is 14.8 Å². The number of benzene rings is 2. The Hall–Kier alpha value is -2.68. The summed E-state index contributed by atoms with van der Waals surface area (Å²) in [6.45, 7) is 2.44. The Balaban J connectivity index is 1.51. The Morgan fingerprint density at radius 3 is 2.32 bits per heavy atom. The summed E-state index contributed by atoms with van der Waals surface area (Å²) in [6.07, 6.45) is 3.03. The predicted molar refractivity (Wildman–Crippen MR) is 114 cm³/mol. The largest absolute Gasteiger partial charge is 0.484 e. The summed E-state index contributed by atoms with van der Waals surface area (Å²) in [5.74, 6) is 1.29. The summed E-state index contributed by atoms with van der Waals surface area (Å²) >= 11 is 5.91. The van der Waals surface area contributed by atoms with Crippen LogP contribution in [0.15, 0.2) is 36.7 Å². The van der Waals surface area contributed by atoms with Crippen molar-refractivity contribution in [3.63, 3.8) is 0 Å². The number of nitrogens with one attached hydrogen (secondary N) is 1. The molecule has 0 aliphatic carbocycles. The molecule has 3 aromatic rings. The highest BCUT2D eigenvalue weighted by atomic mass is 35.5. The number of halogens is 2. The van der Waals surface area contributed by atoms with E-state index in [4.69, 9.17) is 30.5 Å². The molecule has 0 radical (unpaired) electrons. The molecule has 31 heavy (non-hydrogen) atoms. The normalized spacial score (nSPS) is 20.8. The molecule has 162 valence electrons. The van der Waals surface area contributed by atoms with Gasteiger partial charge in [-0.1, -0.05) is 11.6 Å². The summed E-state index contributed by atoms with van der Waals surface area (Å²) in [7, 11) is 0. The van der Waals surface area contributed by atoms with Crippen molar-refractivity contribution in [1.82, 2.24) is 9.97 Å². The van der Waals surface area contributed by atoms with Crippen LogP contribution in [-0.4, -0.2) is 48.6 Å². The fourth-order valence-corrected chi connectivity index (χ4v) is 3.81. The number of hydrogen-bond donors (Lipinski definition) is 1. The third-order valence-electron chi connectivity index (χ3n) is 5.25. The zero-order valence-electron chi connectivity index (χ0n) is 16.6. The van der Waals surface area contributed by atoms with Gasteiger partial charge in [-0.15, -0.1) is 0 Å². The first kappa shape index (κ1) is 20.2. The van der Waals surface area contributed by atoms with E-state index in [0.29, 0.717) is 54.9 Å². The number of hydrogen-bond acceptors (Lipinski definition) is 7. The van der Waals surface area contributed by atoms with Crippen LogP contribution >= 0.6 is 11.6 Å². The lowest BCUT2D eigenvalue weighted by atomic mass is 10.2. The van der Waals surface area contributed by atoms with Gasteiger partial charge in [0.1, 0.15) is 30.2 Å². The van der Waals surface area contributed by atoms with Crippen LogP contribution in [-0.2, 0) is 9.47 Å². The van der Waals surface area contributed by atoms with E-state index >= 15 is 0 Å². The highest BCUT2D eigenvalue weighted by Gasteiger charge is 2.24. The molecule has 0 spiro atoms. The van der Waals surface area contributed by atoms with Gasteiger partial charge in [-0.2, -0.15) is 0 Å². The molecule has 3 heterocycles. The van der Waals surface area contributed by atoms with Crippen LogP contribution in [0.5, 0.6) is 11.5 Å². The third kappa shape index (κ3) is 4.51. The van der Waals surface area contributed by atoms with Crippen molar-refractivity contribution >= 4 is 34.0 Å². The van der Waals surface area contributed by atoms with E-state index in [-0.39, 0.29) is 17.2 Å². The van der Waals surface area contributed by atoms with Crippen molar-refractivity contribution in [2.24, 2.45) is 0 Å². The molecular weight excluding hydrogens is 425 g/mol. The SMILES string of the molecule is Fc1ccc(Nc2ncnc3cc(O[C@H]4CCOC4)c(O[C@H]4CCOC4)cc23)cc1Cl. The molecule has 9 heteroatoms. The van der Waals surface area contributed by atoms with Crippen molar-refractivity contribution in [1.29, 1.82) is 0 Å². The first-order chi connectivity index (χ1) is 15.2. The molecule has 0 bridgehead atoms. The topological polar surface area (TPSA) is 74.7 Å². The average Bonchev–Trinajstić information content (AvgIpc) is 3.46. The van der Waals surface area contributed by atoms with Gasteiger partial charge in [0.2, 0.25) is 0 Å². The molecule has 2 fully saturated rings. The van der Waals surface area contributed by atoms with Gasteiger partial charge >= 0.3 is 0 Å². The van der Waals surface area contributed by atoms with Crippen molar-refractivity contribution in [2.75, 3.05) is 31.7 Å². The summed E-state index contributed by atoms with van der Waals surface area (Å²) in [4.78, 5) is 8.75. The molecule has 1 aromatic heterocycles. The number of rotatable bonds is 6. The summed E-state index contributed by atoms with van der Waals surface area (Å²) in [6, 6.07) is 8.13. The number of fused-ring (bicyclic) bond motifs is 1. The zero-order valence-corrected chi connectivity index (χ0v) is 17.4. The first-order valence-corrected chi connectivity index (χ1v) is 10.5. The van der Waals surface area contributed by atoms with Crippen molar-refractivity contribution in [3.8, 4) is 11.5 Å². The van der Waals surface area contributed by atoms with Gasteiger partial charge in [0.25, 0.3) is 0 Å². The number of anilines is 2. The molecule has 2 aliphatic heterocycles. The second kappa shape index (κ2) is 8.82. The minimum absolute atomic E-state index is 0.0274. The Bertz CT molecular complexity index is 1090. The molecule has 0 amide bonds. The third-order valence-corrected chi connectivity index (χ3v) is 5.54. The van der Waals surface area contributed by atoms with Crippen molar-refractivity contribution < 1.29 is 23.3 Å². The van der Waals surface area contributed by atoms with Gasteiger partial charge in [0.05, 0.1) is 37.0 Å². The van der Waals surface area contributed by atoms with Crippen molar-refractivity contribution in [2.45, 2.75) is 25.0 Å². The van der Waals surface area contributed by atoms with E-state index in [1.54, 1.807) is 6.07 Å². The molecule has 2 aliphatic rings. The molecule has 2 aromatic carbocycles. The fraction of sp³-hybridized carbons (Fsp3) is 0.364.